The molecule has 0 aliphatic heterocycles. The van der Waals surface area contributed by atoms with Crippen molar-refractivity contribution in [2.75, 3.05) is 26.8 Å². The van der Waals surface area contributed by atoms with Crippen LogP contribution in [-0.4, -0.2) is 49.1 Å². The smallest absolute Gasteiger partial charge is 0.338 e. The first-order valence-corrected chi connectivity index (χ1v) is 16.0. The molecular formula is C38H41Cl2NO5. The van der Waals surface area contributed by atoms with Crippen molar-refractivity contribution in [2.45, 2.75) is 51.7 Å². The van der Waals surface area contributed by atoms with Gasteiger partial charge >= 0.3 is 5.97 Å². The second-order valence-corrected chi connectivity index (χ2v) is 13.3. The second-order valence-electron chi connectivity index (χ2n) is 12.4. The normalized spacial score (nSPS) is 11.7. The van der Waals surface area contributed by atoms with E-state index in [1.54, 1.807) is 24.3 Å². The van der Waals surface area contributed by atoms with Crippen LogP contribution in [0, 0.1) is 0 Å². The zero-order valence-corrected chi connectivity index (χ0v) is 28.5. The van der Waals surface area contributed by atoms with E-state index >= 15 is 0 Å². The lowest BCUT2D eigenvalue weighted by Gasteiger charge is -2.40. The monoisotopic (exact) mass is 661 g/mol. The molecule has 0 aliphatic rings. The van der Waals surface area contributed by atoms with E-state index in [0.29, 0.717) is 27.1 Å². The topological polar surface area (TPSA) is 65.1 Å². The first-order chi connectivity index (χ1) is 21.8. The number of hydrogen-bond acceptors (Lipinski definition) is 6. The number of halogens is 2. The van der Waals surface area contributed by atoms with Gasteiger partial charge in [0.1, 0.15) is 30.3 Å². The third kappa shape index (κ3) is 9.83. The zero-order valence-electron chi connectivity index (χ0n) is 27.0. The van der Waals surface area contributed by atoms with Crippen molar-refractivity contribution in [1.29, 1.82) is 0 Å². The number of benzene rings is 4. The fourth-order valence-electron chi connectivity index (χ4n) is 5.05. The number of carbonyl (C=O) groups excluding carboxylic acids is 2. The molecule has 4 rings (SSSR count). The van der Waals surface area contributed by atoms with Gasteiger partial charge in [0.2, 0.25) is 5.78 Å². The van der Waals surface area contributed by atoms with Gasteiger partial charge in [-0.05, 0) is 131 Å². The molecule has 0 heterocycles. The minimum Gasteiger partial charge on any atom is -0.486 e. The molecule has 242 valence electrons. The van der Waals surface area contributed by atoms with Crippen LogP contribution in [0.5, 0.6) is 11.5 Å². The standard InChI is InChI=1S/C38H41Cl2NO5/c1-37(2,3)46-36(43)28-10-22-35(23-11-28)45-26-33(42)25-44-34-20-8-27(9-21-34)7-6-24-41(5)38(4,29-12-16-31(39)17-13-29)30-14-18-32(40)19-15-30/h8-23H,6-7,24-26H2,1-5H3. The van der Waals surface area contributed by atoms with Crippen LogP contribution in [-0.2, 0) is 21.5 Å². The molecule has 0 aliphatic carbocycles. The maximum absolute atomic E-state index is 12.4. The number of carbonyl (C=O) groups is 2. The van der Waals surface area contributed by atoms with Crippen molar-refractivity contribution in [3.8, 4) is 11.5 Å². The molecule has 0 fully saturated rings. The Hall–Kier alpha value is -3.84. The number of nitrogens with zero attached hydrogens (tertiary/aromatic N) is 1. The molecule has 4 aromatic carbocycles. The van der Waals surface area contributed by atoms with Crippen molar-refractivity contribution in [3.05, 3.63) is 129 Å². The lowest BCUT2D eigenvalue weighted by atomic mass is 9.83. The van der Waals surface area contributed by atoms with Gasteiger partial charge in [-0.3, -0.25) is 9.69 Å². The summed E-state index contributed by atoms with van der Waals surface area (Å²) in [6.07, 6.45) is 1.84. The molecule has 0 N–H and O–H groups in total. The lowest BCUT2D eigenvalue weighted by molar-refractivity contribution is -0.123. The van der Waals surface area contributed by atoms with Crippen LogP contribution in [0.4, 0.5) is 0 Å². The summed E-state index contributed by atoms with van der Waals surface area (Å²) >= 11 is 12.4. The van der Waals surface area contributed by atoms with Crippen LogP contribution in [0.25, 0.3) is 0 Å². The average molecular weight is 663 g/mol. The summed E-state index contributed by atoms with van der Waals surface area (Å²) in [7, 11) is 2.14. The summed E-state index contributed by atoms with van der Waals surface area (Å²) in [5.74, 6) is 0.493. The Morgan fingerprint density at radius 3 is 1.59 bits per heavy atom. The van der Waals surface area contributed by atoms with E-state index in [9.17, 15) is 9.59 Å². The highest BCUT2D eigenvalue weighted by molar-refractivity contribution is 6.30. The highest BCUT2D eigenvalue weighted by Gasteiger charge is 2.33. The van der Waals surface area contributed by atoms with Crippen LogP contribution in [0.1, 0.15) is 61.2 Å². The molecule has 4 aromatic rings. The molecule has 6 nitrogen and oxygen atoms in total. The van der Waals surface area contributed by atoms with E-state index in [0.717, 1.165) is 30.5 Å². The van der Waals surface area contributed by atoms with Crippen LogP contribution in [0.3, 0.4) is 0 Å². The SMILES string of the molecule is CN(CCCc1ccc(OCC(=O)COc2ccc(C(=O)OC(C)(C)C)cc2)cc1)C(C)(c1ccc(Cl)cc1)c1ccc(Cl)cc1. The molecular weight excluding hydrogens is 621 g/mol. The van der Waals surface area contributed by atoms with E-state index < -0.39 is 11.6 Å². The molecule has 46 heavy (non-hydrogen) atoms. The van der Waals surface area contributed by atoms with E-state index in [-0.39, 0.29) is 24.5 Å². The molecule has 0 spiro atoms. The summed E-state index contributed by atoms with van der Waals surface area (Å²) in [4.78, 5) is 26.9. The maximum Gasteiger partial charge on any atom is 0.338 e. The lowest BCUT2D eigenvalue weighted by Crippen LogP contribution is -2.42. The number of Topliss-reactive ketones (excluding diaryl/α,β-unsaturated/α-hetero) is 1. The predicted octanol–water partition coefficient (Wildman–Crippen LogP) is 8.80. The van der Waals surface area contributed by atoms with Gasteiger partial charge in [-0.15, -0.1) is 0 Å². The number of ether oxygens (including phenoxy) is 3. The second kappa shape index (κ2) is 15.6. The van der Waals surface area contributed by atoms with Crippen molar-refractivity contribution in [3.63, 3.8) is 0 Å². The number of ketones is 1. The van der Waals surface area contributed by atoms with Gasteiger partial charge in [0.05, 0.1) is 11.1 Å². The Kier molecular flexibility index (Phi) is 11.9. The molecule has 0 saturated carbocycles. The molecule has 0 unspecified atom stereocenters. The Balaban J connectivity index is 1.24. The minimum absolute atomic E-state index is 0.103. The summed E-state index contributed by atoms with van der Waals surface area (Å²) in [5, 5.41) is 1.41. The van der Waals surface area contributed by atoms with Gasteiger partial charge < -0.3 is 14.2 Å². The first kappa shape index (κ1) is 35.0. The third-order valence-electron chi connectivity index (χ3n) is 7.75. The number of aryl methyl sites for hydroxylation is 1. The molecule has 0 amide bonds. The first-order valence-electron chi connectivity index (χ1n) is 15.3. The highest BCUT2D eigenvalue weighted by atomic mass is 35.5. The van der Waals surface area contributed by atoms with Gasteiger partial charge in [-0.25, -0.2) is 4.79 Å². The fourth-order valence-corrected chi connectivity index (χ4v) is 5.30. The van der Waals surface area contributed by atoms with E-state index in [2.05, 4.69) is 43.1 Å². The van der Waals surface area contributed by atoms with E-state index in [4.69, 9.17) is 37.4 Å². The molecule has 0 saturated heterocycles. The van der Waals surface area contributed by atoms with Gasteiger partial charge in [0, 0.05) is 10.0 Å². The average Bonchev–Trinajstić information content (AvgIpc) is 3.03. The molecule has 0 atom stereocenters. The van der Waals surface area contributed by atoms with Crippen molar-refractivity contribution < 1.29 is 23.8 Å². The predicted molar refractivity (Wildman–Crippen MR) is 184 cm³/mol. The van der Waals surface area contributed by atoms with Crippen LogP contribution in [0.2, 0.25) is 10.0 Å². The summed E-state index contributed by atoms with van der Waals surface area (Å²) < 4.78 is 16.6. The Bertz CT molecular complexity index is 1530. The number of esters is 1. The van der Waals surface area contributed by atoms with Crippen LogP contribution < -0.4 is 9.47 Å². The number of hydrogen-bond donors (Lipinski definition) is 0. The number of rotatable bonds is 14. The van der Waals surface area contributed by atoms with Crippen LogP contribution >= 0.6 is 23.2 Å². The summed E-state index contributed by atoms with van der Waals surface area (Å²) in [6, 6.07) is 30.3. The Morgan fingerprint density at radius 1 is 0.674 bits per heavy atom. The van der Waals surface area contributed by atoms with Gasteiger partial charge in [-0.2, -0.15) is 0 Å². The maximum atomic E-state index is 12.4. The van der Waals surface area contributed by atoms with Gasteiger partial charge in [0.15, 0.2) is 0 Å². The summed E-state index contributed by atoms with van der Waals surface area (Å²) in [6.45, 7) is 8.29. The minimum atomic E-state index is -0.573. The van der Waals surface area contributed by atoms with E-state index in [1.165, 1.54) is 5.56 Å². The van der Waals surface area contributed by atoms with Crippen molar-refractivity contribution >= 4 is 35.0 Å². The Labute approximate surface area is 282 Å². The van der Waals surface area contributed by atoms with Gasteiger partial charge in [-0.1, -0.05) is 59.6 Å². The van der Waals surface area contributed by atoms with Crippen LogP contribution in [0.15, 0.2) is 97.1 Å². The largest absolute Gasteiger partial charge is 0.486 e. The quantitative estimate of drug-likeness (QED) is 0.126. The fraction of sp³-hybridized carbons (Fsp3) is 0.316. The van der Waals surface area contributed by atoms with Crippen molar-refractivity contribution in [1.82, 2.24) is 4.90 Å². The molecule has 8 heteroatoms. The third-order valence-corrected chi connectivity index (χ3v) is 8.25. The molecule has 0 radical (unpaired) electrons. The van der Waals surface area contributed by atoms with Gasteiger partial charge in [0.25, 0.3) is 0 Å². The zero-order chi connectivity index (χ0) is 33.3. The van der Waals surface area contributed by atoms with E-state index in [1.807, 2.05) is 69.3 Å². The van der Waals surface area contributed by atoms with Crippen molar-refractivity contribution in [2.24, 2.45) is 0 Å². The summed E-state index contributed by atoms with van der Waals surface area (Å²) in [5.41, 5.74) is 2.97. The molecule has 0 aromatic heterocycles. The Morgan fingerprint density at radius 2 is 1.13 bits per heavy atom. The molecule has 0 bridgehead atoms. The highest BCUT2D eigenvalue weighted by Crippen LogP contribution is 2.36.